The zero-order valence-electron chi connectivity index (χ0n) is 57.9. The van der Waals surface area contributed by atoms with Gasteiger partial charge in [-0.3, -0.25) is 37.3 Å². The zero-order chi connectivity index (χ0) is 65.9. The second-order valence-electron chi connectivity index (χ2n) is 26.5. The van der Waals surface area contributed by atoms with Crippen LogP contribution in [0.5, 0.6) is 0 Å². The highest BCUT2D eigenvalue weighted by Gasteiger charge is 2.30. The van der Waals surface area contributed by atoms with E-state index in [-0.39, 0.29) is 25.7 Å². The number of esters is 4. The van der Waals surface area contributed by atoms with Gasteiger partial charge in [-0.25, -0.2) is 9.13 Å². The van der Waals surface area contributed by atoms with Crippen molar-refractivity contribution in [3.05, 3.63) is 0 Å². The maximum atomic E-state index is 13.0. The molecule has 0 fully saturated rings. The third kappa shape index (κ3) is 63.2. The molecular formula is C70H136O17P2. The average Bonchev–Trinajstić information content (AvgIpc) is 3.66. The smallest absolute Gasteiger partial charge is 0.462 e. The highest BCUT2D eigenvalue weighted by Crippen LogP contribution is 2.45. The van der Waals surface area contributed by atoms with Crippen LogP contribution in [0, 0.1) is 17.8 Å². The lowest BCUT2D eigenvalue weighted by atomic mass is 9.99. The van der Waals surface area contributed by atoms with E-state index in [2.05, 4.69) is 48.5 Å². The molecule has 0 aliphatic heterocycles. The van der Waals surface area contributed by atoms with Gasteiger partial charge in [-0.1, -0.05) is 299 Å². The summed E-state index contributed by atoms with van der Waals surface area (Å²) >= 11 is 0. The van der Waals surface area contributed by atoms with Crippen molar-refractivity contribution in [2.45, 2.75) is 369 Å². The molecule has 0 aromatic carbocycles. The van der Waals surface area contributed by atoms with Crippen molar-refractivity contribution in [2.75, 3.05) is 39.6 Å². The molecule has 0 aromatic rings. The SMILES string of the molecule is CCCCCCCCCCCCCCCCCC(=O)O[C@H](COC(=O)CCCCCCCCCCCCC(C)CC)COP(=O)(O)OC[C@@H](O)COP(=O)(O)OC[C@@H](COC(=O)CCCCCCCCC(C)C)OC(=O)CCCCCCCCCCC(C)C. The fourth-order valence-electron chi connectivity index (χ4n) is 10.5. The van der Waals surface area contributed by atoms with Gasteiger partial charge in [0.2, 0.25) is 0 Å². The fraction of sp³-hybridized carbons (Fsp3) is 0.943. The average molecular weight is 1310 g/mol. The van der Waals surface area contributed by atoms with Crippen LogP contribution in [0.3, 0.4) is 0 Å². The Morgan fingerprint density at radius 1 is 0.326 bits per heavy atom. The number of ether oxygens (including phenoxy) is 4. The number of hydrogen-bond acceptors (Lipinski definition) is 15. The monoisotopic (exact) mass is 1310 g/mol. The first kappa shape index (κ1) is 87.1. The molecule has 0 saturated carbocycles. The molecule has 0 spiro atoms. The third-order valence-electron chi connectivity index (χ3n) is 16.5. The highest BCUT2D eigenvalue weighted by molar-refractivity contribution is 7.47. The number of phosphoric acid groups is 2. The number of aliphatic hydroxyl groups excluding tert-OH is 1. The molecule has 528 valence electrons. The van der Waals surface area contributed by atoms with Crippen LogP contribution in [-0.2, 0) is 65.4 Å². The number of carbonyl (C=O) groups excluding carboxylic acids is 4. The van der Waals surface area contributed by atoms with Gasteiger partial charge in [0.25, 0.3) is 0 Å². The Kier molecular flexibility index (Phi) is 59.6. The van der Waals surface area contributed by atoms with E-state index in [1.54, 1.807) is 0 Å². The van der Waals surface area contributed by atoms with E-state index < -0.39 is 97.5 Å². The standard InChI is InChI=1S/C70H136O17P2/c1-8-10-11-12-13-14-15-16-17-18-19-24-30-39-46-53-69(74)86-65(57-80-67(72)51-44-37-29-23-21-20-22-28-36-43-50-63(7)9-2)59-84-88(76,77)82-55-64(71)56-83-89(78,79)85-60-66(58-81-68(73)52-45-38-33-32-35-42-49-62(5)6)87-70(75)54-47-40-31-26-25-27-34-41-48-61(3)4/h61-66,71H,8-60H2,1-7H3,(H,76,77)(H,78,79)/t63?,64-,65-,66-/m1/s1. The first-order chi connectivity index (χ1) is 42.8. The lowest BCUT2D eigenvalue weighted by Gasteiger charge is -2.21. The molecule has 19 heteroatoms. The quantitative estimate of drug-likeness (QED) is 0.0222. The third-order valence-corrected chi connectivity index (χ3v) is 18.4. The molecule has 89 heavy (non-hydrogen) atoms. The van der Waals surface area contributed by atoms with Gasteiger partial charge in [0.15, 0.2) is 12.2 Å². The van der Waals surface area contributed by atoms with E-state index in [0.29, 0.717) is 31.6 Å². The molecule has 0 heterocycles. The van der Waals surface area contributed by atoms with E-state index >= 15 is 0 Å². The zero-order valence-corrected chi connectivity index (χ0v) is 59.7. The summed E-state index contributed by atoms with van der Waals surface area (Å²) in [5.74, 6) is 0.0786. The van der Waals surface area contributed by atoms with Crippen LogP contribution in [0.4, 0.5) is 0 Å². The molecule has 6 atom stereocenters. The molecule has 3 N–H and O–H groups in total. The van der Waals surface area contributed by atoms with Crippen LogP contribution in [0.2, 0.25) is 0 Å². The second kappa shape index (κ2) is 61.0. The molecular weight excluding hydrogens is 1170 g/mol. The lowest BCUT2D eigenvalue weighted by molar-refractivity contribution is -0.161. The van der Waals surface area contributed by atoms with Gasteiger partial charge < -0.3 is 33.8 Å². The van der Waals surface area contributed by atoms with Crippen molar-refractivity contribution < 1.29 is 80.2 Å². The van der Waals surface area contributed by atoms with Crippen LogP contribution in [0.15, 0.2) is 0 Å². The Morgan fingerprint density at radius 3 is 0.854 bits per heavy atom. The minimum Gasteiger partial charge on any atom is -0.462 e. The number of phosphoric ester groups is 2. The van der Waals surface area contributed by atoms with Gasteiger partial charge in [0.05, 0.1) is 26.4 Å². The molecule has 0 aromatic heterocycles. The molecule has 3 unspecified atom stereocenters. The van der Waals surface area contributed by atoms with Crippen molar-refractivity contribution in [1.82, 2.24) is 0 Å². The summed E-state index contributed by atoms with van der Waals surface area (Å²) in [4.78, 5) is 72.5. The predicted octanol–water partition coefficient (Wildman–Crippen LogP) is 19.8. The summed E-state index contributed by atoms with van der Waals surface area (Å²) in [6.07, 6.45) is 44.5. The van der Waals surface area contributed by atoms with E-state index in [1.165, 1.54) is 154 Å². The second-order valence-corrected chi connectivity index (χ2v) is 29.4. The molecule has 0 aliphatic carbocycles. The van der Waals surface area contributed by atoms with Crippen molar-refractivity contribution in [2.24, 2.45) is 17.8 Å². The van der Waals surface area contributed by atoms with Crippen LogP contribution in [0.25, 0.3) is 0 Å². The van der Waals surface area contributed by atoms with Gasteiger partial charge in [-0.05, 0) is 43.4 Å². The Bertz CT molecular complexity index is 1750. The number of aliphatic hydroxyl groups is 1. The van der Waals surface area contributed by atoms with E-state index in [0.717, 1.165) is 108 Å². The topological polar surface area (TPSA) is 237 Å². The Hall–Kier alpha value is -1.94. The van der Waals surface area contributed by atoms with Crippen LogP contribution < -0.4 is 0 Å². The van der Waals surface area contributed by atoms with Crippen LogP contribution >= 0.6 is 15.6 Å². The Labute approximate surface area is 543 Å². The largest absolute Gasteiger partial charge is 0.472 e. The summed E-state index contributed by atoms with van der Waals surface area (Å²) in [5, 5.41) is 10.6. The molecule has 0 bridgehead atoms. The number of carbonyl (C=O) groups is 4. The summed E-state index contributed by atoms with van der Waals surface area (Å²) < 4.78 is 68.3. The highest BCUT2D eigenvalue weighted by atomic mass is 31.2. The number of unbranched alkanes of at least 4 members (excludes halogenated alkanes) is 35. The molecule has 0 radical (unpaired) electrons. The first-order valence-electron chi connectivity index (χ1n) is 36.4. The van der Waals surface area contributed by atoms with E-state index in [1.807, 2.05) is 0 Å². The van der Waals surface area contributed by atoms with Gasteiger partial charge >= 0.3 is 39.5 Å². The predicted molar refractivity (Wildman–Crippen MR) is 358 cm³/mol. The normalized spacial score (nSPS) is 14.5. The lowest BCUT2D eigenvalue weighted by Crippen LogP contribution is -2.30. The van der Waals surface area contributed by atoms with Crippen molar-refractivity contribution >= 4 is 39.5 Å². The summed E-state index contributed by atoms with van der Waals surface area (Å²) in [7, 11) is -9.90. The minimum atomic E-state index is -4.95. The summed E-state index contributed by atoms with van der Waals surface area (Å²) in [5.41, 5.74) is 0. The van der Waals surface area contributed by atoms with Crippen molar-refractivity contribution in [1.29, 1.82) is 0 Å². The summed E-state index contributed by atoms with van der Waals surface area (Å²) in [6.45, 7) is 11.8. The summed E-state index contributed by atoms with van der Waals surface area (Å²) in [6, 6.07) is 0. The van der Waals surface area contributed by atoms with Crippen molar-refractivity contribution in [3.63, 3.8) is 0 Å². The molecule has 0 rings (SSSR count). The van der Waals surface area contributed by atoms with E-state index in [9.17, 15) is 43.2 Å². The van der Waals surface area contributed by atoms with Gasteiger partial charge in [-0.2, -0.15) is 0 Å². The van der Waals surface area contributed by atoms with Crippen LogP contribution in [0.1, 0.15) is 350 Å². The number of hydrogen-bond donors (Lipinski definition) is 3. The van der Waals surface area contributed by atoms with Gasteiger partial charge in [0, 0.05) is 25.7 Å². The maximum Gasteiger partial charge on any atom is 0.472 e. The maximum absolute atomic E-state index is 13.0. The molecule has 0 amide bonds. The fourth-order valence-corrected chi connectivity index (χ4v) is 12.1. The van der Waals surface area contributed by atoms with Crippen molar-refractivity contribution in [3.8, 4) is 0 Å². The minimum absolute atomic E-state index is 0.103. The van der Waals surface area contributed by atoms with Gasteiger partial charge in [-0.15, -0.1) is 0 Å². The van der Waals surface area contributed by atoms with Crippen LogP contribution in [-0.4, -0.2) is 96.7 Å². The Balaban J connectivity index is 5.25. The van der Waals surface area contributed by atoms with Gasteiger partial charge in [0.1, 0.15) is 19.3 Å². The first-order valence-corrected chi connectivity index (χ1v) is 39.4. The number of rotatable bonds is 68. The molecule has 0 aliphatic rings. The molecule has 17 nitrogen and oxygen atoms in total. The molecule has 0 saturated heterocycles. The van der Waals surface area contributed by atoms with E-state index in [4.69, 9.17) is 37.0 Å². The Morgan fingerprint density at radius 2 is 0.573 bits per heavy atom.